The average Bonchev–Trinajstić information content (AvgIpc) is 3.11. The van der Waals surface area contributed by atoms with Gasteiger partial charge >= 0.3 is 0 Å². The average molecular weight is 321 g/mol. The zero-order chi connectivity index (χ0) is 13.3. The maximum absolute atomic E-state index is 12.8. The normalized spacial score (nSPS) is 34.8. The Morgan fingerprint density at radius 3 is 2.79 bits per heavy atom. The van der Waals surface area contributed by atoms with Crippen molar-refractivity contribution in [2.45, 2.75) is 44.6 Å². The highest BCUT2D eigenvalue weighted by atomic mass is 79.9. The van der Waals surface area contributed by atoms with E-state index in [1.165, 1.54) is 5.56 Å². The van der Waals surface area contributed by atoms with E-state index in [0.717, 1.165) is 48.6 Å². The van der Waals surface area contributed by atoms with Gasteiger partial charge in [0.1, 0.15) is 0 Å². The third kappa shape index (κ3) is 1.61. The van der Waals surface area contributed by atoms with Crippen LogP contribution >= 0.6 is 15.9 Å². The molecule has 2 fully saturated rings. The van der Waals surface area contributed by atoms with Crippen molar-refractivity contribution in [3.63, 3.8) is 0 Å². The first-order chi connectivity index (χ1) is 9.05. The van der Waals surface area contributed by atoms with E-state index < -0.39 is 0 Å². The zero-order valence-corrected chi connectivity index (χ0v) is 12.4. The van der Waals surface area contributed by atoms with E-state index in [0.29, 0.717) is 5.78 Å². The Bertz CT molecular complexity index is 576. The lowest BCUT2D eigenvalue weighted by molar-refractivity contribution is 0.00158. The summed E-state index contributed by atoms with van der Waals surface area (Å²) in [5, 5.41) is 10.2. The molecule has 0 saturated heterocycles. The fraction of sp³-hybridized carbons (Fsp3) is 0.562. The monoisotopic (exact) mass is 320 g/mol. The number of carbonyl (C=O) groups excluding carboxylic acids is 1. The van der Waals surface area contributed by atoms with E-state index in [9.17, 15) is 9.90 Å². The second kappa shape index (κ2) is 3.70. The van der Waals surface area contributed by atoms with Gasteiger partial charge in [0.25, 0.3) is 0 Å². The summed E-state index contributed by atoms with van der Waals surface area (Å²) in [6.45, 7) is 0. The number of ketones is 1. The van der Waals surface area contributed by atoms with Gasteiger partial charge in [0.15, 0.2) is 5.78 Å². The number of hydrogen-bond acceptors (Lipinski definition) is 2. The van der Waals surface area contributed by atoms with Crippen molar-refractivity contribution in [3.8, 4) is 0 Å². The van der Waals surface area contributed by atoms with Crippen molar-refractivity contribution in [2.24, 2.45) is 10.8 Å². The molecule has 1 aromatic carbocycles. The molecule has 0 unspecified atom stereocenters. The van der Waals surface area contributed by atoms with Crippen LogP contribution in [0.4, 0.5) is 0 Å². The van der Waals surface area contributed by atoms with E-state index >= 15 is 0 Å². The minimum atomic E-state index is -0.209. The van der Waals surface area contributed by atoms with Crippen molar-refractivity contribution in [3.05, 3.63) is 33.8 Å². The topological polar surface area (TPSA) is 37.3 Å². The van der Waals surface area contributed by atoms with Gasteiger partial charge in [0.05, 0.1) is 6.10 Å². The number of Topliss-reactive ketones (excluding diaryl/α,β-unsaturated/α-hetero) is 1. The molecule has 0 aromatic heterocycles. The summed E-state index contributed by atoms with van der Waals surface area (Å²) >= 11 is 3.46. The number of aliphatic hydroxyl groups is 1. The number of hydrogen-bond donors (Lipinski definition) is 1. The summed E-state index contributed by atoms with van der Waals surface area (Å²) in [5.74, 6) is 0.321. The number of aliphatic hydroxyl groups excluding tert-OH is 1. The van der Waals surface area contributed by atoms with Gasteiger partial charge in [-0.15, -0.1) is 0 Å². The molecular weight excluding hydrogens is 304 g/mol. The van der Waals surface area contributed by atoms with Crippen molar-refractivity contribution < 1.29 is 9.90 Å². The molecular formula is C16H17BrO2. The van der Waals surface area contributed by atoms with Gasteiger partial charge in [-0.1, -0.05) is 22.0 Å². The second-order valence-electron chi connectivity index (χ2n) is 6.68. The molecule has 100 valence electrons. The highest BCUT2D eigenvalue weighted by Crippen LogP contribution is 2.63. The molecule has 2 spiro atoms. The van der Waals surface area contributed by atoms with Gasteiger partial charge in [-0.25, -0.2) is 0 Å². The van der Waals surface area contributed by atoms with Crippen molar-refractivity contribution in [1.82, 2.24) is 0 Å². The molecule has 0 bridgehead atoms. The molecule has 4 rings (SSSR count). The highest BCUT2D eigenvalue weighted by Gasteiger charge is 2.60. The van der Waals surface area contributed by atoms with Gasteiger partial charge in [-0.05, 0) is 61.6 Å². The molecule has 3 aliphatic rings. The van der Waals surface area contributed by atoms with Crippen LogP contribution in [-0.4, -0.2) is 17.0 Å². The number of benzene rings is 1. The fourth-order valence-corrected chi connectivity index (χ4v) is 4.62. The number of rotatable bonds is 0. The maximum atomic E-state index is 12.8. The molecule has 0 amide bonds. The van der Waals surface area contributed by atoms with Crippen LogP contribution in [0.2, 0.25) is 0 Å². The Balaban J connectivity index is 1.73. The lowest BCUT2D eigenvalue weighted by Gasteiger charge is -2.40. The standard InChI is InChI=1S/C16H17BrO2/c17-11-2-1-10-8-16(14(19)12(10)7-11)4-3-13(18)15(9-16)5-6-15/h1-2,7,13,18H,3-6,8-9H2/t13-,16+/m0/s1. The summed E-state index contributed by atoms with van der Waals surface area (Å²) in [5.41, 5.74) is 1.97. The predicted octanol–water partition coefficient (Wildman–Crippen LogP) is 3.50. The molecule has 2 saturated carbocycles. The van der Waals surface area contributed by atoms with Crippen LogP contribution in [-0.2, 0) is 6.42 Å². The van der Waals surface area contributed by atoms with Gasteiger partial charge in [0.2, 0.25) is 0 Å². The number of carbonyl (C=O) groups is 1. The Hall–Kier alpha value is -0.670. The number of fused-ring (bicyclic) bond motifs is 1. The minimum absolute atomic E-state index is 0.0766. The van der Waals surface area contributed by atoms with Crippen molar-refractivity contribution in [1.29, 1.82) is 0 Å². The van der Waals surface area contributed by atoms with Crippen LogP contribution < -0.4 is 0 Å². The summed E-state index contributed by atoms with van der Waals surface area (Å²) in [6.07, 6.45) is 5.44. The predicted molar refractivity (Wildman–Crippen MR) is 76.1 cm³/mol. The van der Waals surface area contributed by atoms with Crippen molar-refractivity contribution >= 4 is 21.7 Å². The smallest absolute Gasteiger partial charge is 0.169 e. The molecule has 1 N–H and O–H groups in total. The Morgan fingerprint density at radius 2 is 2.05 bits per heavy atom. The zero-order valence-electron chi connectivity index (χ0n) is 10.8. The quantitative estimate of drug-likeness (QED) is 0.794. The lowest BCUT2D eigenvalue weighted by Crippen LogP contribution is -2.41. The second-order valence-corrected chi connectivity index (χ2v) is 7.60. The third-order valence-corrected chi connectivity index (χ3v) is 6.01. The summed E-state index contributed by atoms with van der Waals surface area (Å²) < 4.78 is 0.980. The number of halogens is 1. The minimum Gasteiger partial charge on any atom is -0.393 e. The molecule has 0 aliphatic heterocycles. The SMILES string of the molecule is O=C1c2cc(Br)ccc2C[C@@]12CC[C@H](O)C1(CC1)C2. The van der Waals surface area contributed by atoms with Crippen molar-refractivity contribution in [2.75, 3.05) is 0 Å². The van der Waals surface area contributed by atoms with Crippen LogP contribution in [0.3, 0.4) is 0 Å². The highest BCUT2D eigenvalue weighted by molar-refractivity contribution is 9.10. The Kier molecular flexibility index (Phi) is 2.36. The summed E-state index contributed by atoms with van der Waals surface area (Å²) in [7, 11) is 0. The fourth-order valence-electron chi connectivity index (χ4n) is 4.26. The molecule has 2 atom stereocenters. The first kappa shape index (κ1) is 12.1. The van der Waals surface area contributed by atoms with Crippen LogP contribution in [0.25, 0.3) is 0 Å². The molecule has 3 heteroatoms. The van der Waals surface area contributed by atoms with Gasteiger partial charge < -0.3 is 5.11 Å². The molecule has 1 aromatic rings. The van der Waals surface area contributed by atoms with Gasteiger partial charge in [-0.3, -0.25) is 4.79 Å². The van der Waals surface area contributed by atoms with Crippen LogP contribution in [0.5, 0.6) is 0 Å². The van der Waals surface area contributed by atoms with E-state index in [4.69, 9.17) is 0 Å². The molecule has 3 aliphatic carbocycles. The largest absolute Gasteiger partial charge is 0.393 e. The molecule has 19 heavy (non-hydrogen) atoms. The van der Waals surface area contributed by atoms with E-state index in [1.807, 2.05) is 12.1 Å². The first-order valence-corrected chi connectivity index (χ1v) is 7.85. The summed E-state index contributed by atoms with van der Waals surface area (Å²) in [6, 6.07) is 6.07. The van der Waals surface area contributed by atoms with Crippen LogP contribution in [0.1, 0.15) is 48.0 Å². The lowest BCUT2D eigenvalue weighted by atomic mass is 9.64. The van der Waals surface area contributed by atoms with E-state index in [2.05, 4.69) is 22.0 Å². The van der Waals surface area contributed by atoms with Gasteiger partial charge in [0, 0.05) is 15.5 Å². The molecule has 0 heterocycles. The Morgan fingerprint density at radius 1 is 1.26 bits per heavy atom. The van der Waals surface area contributed by atoms with Crippen LogP contribution in [0.15, 0.2) is 22.7 Å². The first-order valence-electron chi connectivity index (χ1n) is 7.06. The summed E-state index contributed by atoms with van der Waals surface area (Å²) in [4.78, 5) is 12.8. The van der Waals surface area contributed by atoms with E-state index in [-0.39, 0.29) is 16.9 Å². The van der Waals surface area contributed by atoms with Crippen LogP contribution in [0, 0.1) is 10.8 Å². The third-order valence-electron chi connectivity index (χ3n) is 5.51. The molecule has 0 radical (unpaired) electrons. The molecule has 2 nitrogen and oxygen atoms in total. The Labute approximate surface area is 121 Å². The van der Waals surface area contributed by atoms with Gasteiger partial charge in [-0.2, -0.15) is 0 Å². The maximum Gasteiger partial charge on any atom is 0.169 e. The van der Waals surface area contributed by atoms with E-state index in [1.54, 1.807) is 0 Å².